The van der Waals surface area contributed by atoms with Gasteiger partial charge in [0, 0.05) is 31.3 Å². The van der Waals surface area contributed by atoms with Gasteiger partial charge in [-0.1, -0.05) is 6.07 Å². The molecule has 8 nitrogen and oxygen atoms in total. The van der Waals surface area contributed by atoms with Crippen molar-refractivity contribution >= 4 is 12.0 Å². The predicted molar refractivity (Wildman–Crippen MR) is 102 cm³/mol. The average Bonchev–Trinajstić information content (AvgIpc) is 3.02. The van der Waals surface area contributed by atoms with E-state index in [1.165, 1.54) is 0 Å². The highest BCUT2D eigenvalue weighted by Gasteiger charge is 2.35. The van der Waals surface area contributed by atoms with Crippen molar-refractivity contribution in [2.45, 2.75) is 52.4 Å². The second kappa shape index (κ2) is 6.92. The minimum atomic E-state index is -0.550. The zero-order chi connectivity index (χ0) is 19.9. The molecular weight excluding hydrogens is 358 g/mol. The van der Waals surface area contributed by atoms with Gasteiger partial charge in [-0.15, -0.1) is 0 Å². The summed E-state index contributed by atoms with van der Waals surface area (Å²) in [6.07, 6.45) is 2.00. The second-order valence-electron chi connectivity index (χ2n) is 8.20. The van der Waals surface area contributed by atoms with Gasteiger partial charge < -0.3 is 14.5 Å². The summed E-state index contributed by atoms with van der Waals surface area (Å²) in [5.74, 6) is -0.0586. The number of pyridine rings is 1. The molecule has 2 amide bonds. The molecule has 0 radical (unpaired) electrons. The van der Waals surface area contributed by atoms with Crippen LogP contribution in [0.4, 0.5) is 4.79 Å². The second-order valence-corrected chi connectivity index (χ2v) is 8.20. The lowest BCUT2D eigenvalue weighted by Crippen LogP contribution is -2.42. The standard InChI is InChI=1S/C20H25N5O3/c1-20(2,3)28-19(27)24-9-7-16-15(13-24)17-18(26)23(10-11-25(17)22-16)12-14-6-4-5-8-21-14/h4-6,8H,7,9-13H2,1-3H3. The molecule has 0 aromatic carbocycles. The number of ether oxygens (including phenoxy) is 1. The molecule has 8 heteroatoms. The molecule has 0 N–H and O–H groups in total. The zero-order valence-corrected chi connectivity index (χ0v) is 16.5. The Morgan fingerprint density at radius 3 is 2.75 bits per heavy atom. The molecule has 2 aromatic rings. The van der Waals surface area contributed by atoms with Crippen LogP contribution < -0.4 is 0 Å². The summed E-state index contributed by atoms with van der Waals surface area (Å²) in [6, 6.07) is 5.69. The molecular formula is C20H25N5O3. The molecule has 0 saturated heterocycles. The smallest absolute Gasteiger partial charge is 0.410 e. The number of hydrogen-bond donors (Lipinski definition) is 0. The summed E-state index contributed by atoms with van der Waals surface area (Å²) in [5.41, 5.74) is 2.64. The largest absolute Gasteiger partial charge is 0.444 e. The molecule has 2 aliphatic rings. The van der Waals surface area contributed by atoms with E-state index >= 15 is 0 Å². The Hall–Kier alpha value is -2.90. The van der Waals surface area contributed by atoms with Crippen LogP contribution in [0.2, 0.25) is 0 Å². The van der Waals surface area contributed by atoms with Crippen molar-refractivity contribution in [1.82, 2.24) is 24.6 Å². The summed E-state index contributed by atoms with van der Waals surface area (Å²) in [4.78, 5) is 33.4. The van der Waals surface area contributed by atoms with E-state index in [-0.39, 0.29) is 12.0 Å². The molecule has 0 fully saturated rings. The van der Waals surface area contributed by atoms with Crippen LogP contribution in [0.3, 0.4) is 0 Å². The van der Waals surface area contributed by atoms with Gasteiger partial charge in [0.05, 0.1) is 31.0 Å². The predicted octanol–water partition coefficient (Wildman–Crippen LogP) is 2.23. The molecule has 2 aromatic heterocycles. The van der Waals surface area contributed by atoms with Gasteiger partial charge in [-0.3, -0.25) is 14.5 Å². The Kier molecular flexibility index (Phi) is 4.56. The maximum atomic E-state index is 13.2. The summed E-state index contributed by atoms with van der Waals surface area (Å²) in [7, 11) is 0. The van der Waals surface area contributed by atoms with E-state index in [9.17, 15) is 9.59 Å². The fourth-order valence-electron chi connectivity index (χ4n) is 3.61. The number of carbonyl (C=O) groups is 2. The van der Waals surface area contributed by atoms with Crippen molar-refractivity contribution < 1.29 is 14.3 Å². The lowest BCUT2D eigenvalue weighted by molar-refractivity contribution is 0.0221. The maximum absolute atomic E-state index is 13.2. The third-order valence-electron chi connectivity index (χ3n) is 4.90. The molecule has 0 atom stereocenters. The van der Waals surface area contributed by atoms with E-state index in [1.807, 2.05) is 39.0 Å². The highest BCUT2D eigenvalue weighted by atomic mass is 16.6. The Morgan fingerprint density at radius 1 is 1.21 bits per heavy atom. The third-order valence-corrected chi connectivity index (χ3v) is 4.90. The molecule has 0 unspecified atom stereocenters. The highest BCUT2D eigenvalue weighted by molar-refractivity contribution is 5.95. The van der Waals surface area contributed by atoms with Gasteiger partial charge in [0.1, 0.15) is 11.3 Å². The van der Waals surface area contributed by atoms with E-state index in [4.69, 9.17) is 4.74 Å². The Bertz CT molecular complexity index is 901. The number of amides is 2. The van der Waals surface area contributed by atoms with Crippen LogP contribution in [0, 0.1) is 0 Å². The van der Waals surface area contributed by atoms with Crippen molar-refractivity contribution in [2.24, 2.45) is 0 Å². The topological polar surface area (TPSA) is 80.6 Å². The summed E-state index contributed by atoms with van der Waals surface area (Å²) in [6.45, 7) is 8.15. The van der Waals surface area contributed by atoms with Crippen molar-refractivity contribution in [3.8, 4) is 0 Å². The highest BCUT2D eigenvalue weighted by Crippen LogP contribution is 2.27. The normalized spacial score (nSPS) is 16.6. The van der Waals surface area contributed by atoms with Gasteiger partial charge in [-0.05, 0) is 32.9 Å². The number of nitrogens with zero attached hydrogens (tertiary/aromatic N) is 5. The molecule has 4 heterocycles. The van der Waals surface area contributed by atoms with Gasteiger partial charge in [-0.25, -0.2) is 4.79 Å². The molecule has 148 valence electrons. The van der Waals surface area contributed by atoms with Crippen LogP contribution in [0.1, 0.15) is 48.2 Å². The van der Waals surface area contributed by atoms with Gasteiger partial charge in [0.2, 0.25) is 0 Å². The number of rotatable bonds is 2. The molecule has 0 saturated carbocycles. The molecule has 0 aliphatic carbocycles. The van der Waals surface area contributed by atoms with Crippen molar-refractivity contribution in [3.05, 3.63) is 47.0 Å². The first kappa shape index (κ1) is 18.5. The van der Waals surface area contributed by atoms with Crippen LogP contribution in [0.5, 0.6) is 0 Å². The Balaban J connectivity index is 1.55. The number of carbonyl (C=O) groups excluding carboxylic acids is 2. The van der Waals surface area contributed by atoms with Crippen LogP contribution in [-0.2, 0) is 30.8 Å². The van der Waals surface area contributed by atoms with Crippen LogP contribution >= 0.6 is 0 Å². The quantitative estimate of drug-likeness (QED) is 0.794. The fraction of sp³-hybridized carbons (Fsp3) is 0.500. The van der Waals surface area contributed by atoms with E-state index in [0.717, 1.165) is 17.0 Å². The molecule has 0 spiro atoms. The molecule has 4 rings (SSSR count). The summed E-state index contributed by atoms with van der Waals surface area (Å²) >= 11 is 0. The number of fused-ring (bicyclic) bond motifs is 3. The van der Waals surface area contributed by atoms with Crippen molar-refractivity contribution in [3.63, 3.8) is 0 Å². The fourth-order valence-corrected chi connectivity index (χ4v) is 3.61. The zero-order valence-electron chi connectivity index (χ0n) is 16.5. The van der Waals surface area contributed by atoms with Crippen molar-refractivity contribution in [1.29, 1.82) is 0 Å². The first-order valence-corrected chi connectivity index (χ1v) is 9.57. The van der Waals surface area contributed by atoms with E-state index in [0.29, 0.717) is 44.8 Å². The molecule has 0 bridgehead atoms. The van der Waals surface area contributed by atoms with Gasteiger partial charge in [-0.2, -0.15) is 5.10 Å². The molecule has 2 aliphatic heterocycles. The van der Waals surface area contributed by atoms with E-state index in [2.05, 4.69) is 10.1 Å². The summed E-state index contributed by atoms with van der Waals surface area (Å²) in [5, 5.41) is 4.63. The molecule has 28 heavy (non-hydrogen) atoms. The Morgan fingerprint density at radius 2 is 2.04 bits per heavy atom. The lowest BCUT2D eigenvalue weighted by atomic mass is 10.0. The van der Waals surface area contributed by atoms with Gasteiger partial charge in [0.15, 0.2) is 0 Å². The summed E-state index contributed by atoms with van der Waals surface area (Å²) < 4.78 is 7.29. The van der Waals surface area contributed by atoms with Gasteiger partial charge in [0.25, 0.3) is 5.91 Å². The SMILES string of the molecule is CC(C)(C)OC(=O)N1CCc2nn3c(c2C1)C(=O)N(Cc1ccccn1)CC3. The van der Waals surface area contributed by atoms with Gasteiger partial charge >= 0.3 is 6.09 Å². The first-order valence-electron chi connectivity index (χ1n) is 9.57. The van der Waals surface area contributed by atoms with Crippen LogP contribution in [-0.4, -0.2) is 55.3 Å². The van der Waals surface area contributed by atoms with E-state index < -0.39 is 5.60 Å². The number of aromatic nitrogens is 3. The third kappa shape index (κ3) is 3.58. The van der Waals surface area contributed by atoms with E-state index in [1.54, 1.807) is 20.7 Å². The lowest BCUT2D eigenvalue weighted by Gasteiger charge is -2.31. The maximum Gasteiger partial charge on any atom is 0.410 e. The average molecular weight is 383 g/mol. The Labute approximate surface area is 164 Å². The monoisotopic (exact) mass is 383 g/mol. The first-order chi connectivity index (χ1) is 13.3. The van der Waals surface area contributed by atoms with Crippen LogP contribution in [0.15, 0.2) is 24.4 Å². The van der Waals surface area contributed by atoms with Crippen LogP contribution in [0.25, 0.3) is 0 Å². The van der Waals surface area contributed by atoms with Crippen molar-refractivity contribution in [2.75, 3.05) is 13.1 Å². The minimum absolute atomic E-state index is 0.0586. The minimum Gasteiger partial charge on any atom is -0.444 e. The number of hydrogen-bond acceptors (Lipinski definition) is 5.